The zero-order valence-electron chi connectivity index (χ0n) is 16.4. The summed E-state index contributed by atoms with van der Waals surface area (Å²) in [7, 11) is 1.74. The zero-order chi connectivity index (χ0) is 19.5. The van der Waals surface area contributed by atoms with Crippen molar-refractivity contribution in [3.8, 4) is 0 Å². The van der Waals surface area contributed by atoms with Gasteiger partial charge in [0.1, 0.15) is 0 Å². The second-order valence-corrected chi connectivity index (χ2v) is 7.78. The van der Waals surface area contributed by atoms with Gasteiger partial charge in [-0.25, -0.2) is 0 Å². The van der Waals surface area contributed by atoms with Gasteiger partial charge in [0.15, 0.2) is 0 Å². The molecule has 1 saturated heterocycles. The molecule has 146 valence electrons. The van der Waals surface area contributed by atoms with Crippen molar-refractivity contribution in [1.29, 1.82) is 0 Å². The SMILES string of the molecule is CCc1c(C(=O)N2CCOC(CN(C)CC(=O)O)C2)cnn1C(C)(C)C. The molecule has 1 aliphatic rings. The molecule has 1 aliphatic heterocycles. The van der Waals surface area contributed by atoms with Gasteiger partial charge in [0.2, 0.25) is 0 Å². The first-order chi connectivity index (χ1) is 12.1. The Balaban J connectivity index is 2.10. The van der Waals surface area contributed by atoms with Crippen LogP contribution in [0, 0.1) is 0 Å². The molecule has 1 unspecified atom stereocenters. The number of carboxylic acids is 1. The number of ether oxygens (including phenoxy) is 1. The number of carbonyl (C=O) groups excluding carboxylic acids is 1. The number of aromatic nitrogens is 2. The molecule has 0 aliphatic carbocycles. The largest absolute Gasteiger partial charge is 0.480 e. The fourth-order valence-corrected chi connectivity index (χ4v) is 3.30. The second-order valence-electron chi connectivity index (χ2n) is 7.78. The lowest BCUT2D eigenvalue weighted by Crippen LogP contribution is -2.49. The lowest BCUT2D eigenvalue weighted by Gasteiger charge is -2.34. The van der Waals surface area contributed by atoms with Crippen LogP contribution in [-0.2, 0) is 21.5 Å². The highest BCUT2D eigenvalue weighted by molar-refractivity contribution is 5.95. The van der Waals surface area contributed by atoms with Gasteiger partial charge >= 0.3 is 5.97 Å². The van der Waals surface area contributed by atoms with Gasteiger partial charge in [0.25, 0.3) is 5.91 Å². The van der Waals surface area contributed by atoms with Crippen molar-refractivity contribution in [2.75, 3.05) is 39.8 Å². The molecule has 2 rings (SSSR count). The van der Waals surface area contributed by atoms with Gasteiger partial charge < -0.3 is 14.7 Å². The monoisotopic (exact) mass is 366 g/mol. The Kier molecular flexibility index (Phi) is 6.41. The molecule has 0 radical (unpaired) electrons. The maximum atomic E-state index is 13.0. The summed E-state index contributed by atoms with van der Waals surface area (Å²) in [4.78, 5) is 27.3. The van der Waals surface area contributed by atoms with Crippen LogP contribution in [0.25, 0.3) is 0 Å². The molecule has 0 aromatic carbocycles. The molecule has 0 spiro atoms. The van der Waals surface area contributed by atoms with Crippen LogP contribution < -0.4 is 0 Å². The fourth-order valence-electron chi connectivity index (χ4n) is 3.30. The first-order valence-electron chi connectivity index (χ1n) is 9.02. The van der Waals surface area contributed by atoms with Gasteiger partial charge in [-0.2, -0.15) is 5.10 Å². The summed E-state index contributed by atoms with van der Waals surface area (Å²) in [6.07, 6.45) is 2.20. The van der Waals surface area contributed by atoms with E-state index in [0.717, 1.165) is 12.1 Å². The normalized spacial score (nSPS) is 18.4. The Bertz CT molecular complexity index is 650. The maximum Gasteiger partial charge on any atom is 0.317 e. The zero-order valence-corrected chi connectivity index (χ0v) is 16.4. The summed E-state index contributed by atoms with van der Waals surface area (Å²) in [6, 6.07) is 0. The molecule has 0 bridgehead atoms. The van der Waals surface area contributed by atoms with E-state index in [1.165, 1.54) is 0 Å². The predicted octanol–water partition coefficient (Wildman–Crippen LogP) is 1.06. The first-order valence-corrected chi connectivity index (χ1v) is 9.02. The number of hydrogen-bond acceptors (Lipinski definition) is 5. The molecular weight excluding hydrogens is 336 g/mol. The van der Waals surface area contributed by atoms with Crippen LogP contribution in [0.2, 0.25) is 0 Å². The Morgan fingerprint density at radius 3 is 2.69 bits per heavy atom. The molecule has 1 fully saturated rings. The van der Waals surface area contributed by atoms with Gasteiger partial charge in [-0.15, -0.1) is 0 Å². The number of aliphatic carboxylic acids is 1. The molecule has 1 atom stereocenters. The van der Waals surface area contributed by atoms with Gasteiger partial charge in [-0.1, -0.05) is 6.92 Å². The summed E-state index contributed by atoms with van der Waals surface area (Å²) in [5, 5.41) is 13.3. The van der Waals surface area contributed by atoms with Gasteiger partial charge in [0.05, 0.1) is 42.2 Å². The Morgan fingerprint density at radius 1 is 1.42 bits per heavy atom. The highest BCUT2D eigenvalue weighted by atomic mass is 16.5. The molecule has 1 aromatic rings. The number of morpholine rings is 1. The molecule has 1 N–H and O–H groups in total. The van der Waals surface area contributed by atoms with Gasteiger partial charge in [-0.3, -0.25) is 19.2 Å². The molecule has 1 aromatic heterocycles. The van der Waals surface area contributed by atoms with E-state index in [4.69, 9.17) is 9.84 Å². The summed E-state index contributed by atoms with van der Waals surface area (Å²) >= 11 is 0. The maximum absolute atomic E-state index is 13.0. The summed E-state index contributed by atoms with van der Waals surface area (Å²) in [5.74, 6) is -0.912. The fraction of sp³-hybridized carbons (Fsp3) is 0.722. The number of carbonyl (C=O) groups is 2. The second kappa shape index (κ2) is 8.18. The minimum absolute atomic E-state index is 0.0356. The van der Waals surface area contributed by atoms with Crippen molar-refractivity contribution in [2.45, 2.75) is 45.8 Å². The van der Waals surface area contributed by atoms with Crippen LogP contribution in [-0.4, -0.2) is 82.5 Å². The number of amides is 1. The van der Waals surface area contributed by atoms with Crippen molar-refractivity contribution in [2.24, 2.45) is 0 Å². The molecule has 8 heteroatoms. The van der Waals surface area contributed by atoms with Crippen LogP contribution in [0.4, 0.5) is 0 Å². The average molecular weight is 366 g/mol. The number of hydrogen-bond donors (Lipinski definition) is 1. The standard InChI is InChI=1S/C18H30N4O4/c1-6-15-14(9-19-22(15)18(2,3)4)17(25)21-7-8-26-13(11-21)10-20(5)12-16(23)24/h9,13H,6-8,10-12H2,1-5H3,(H,23,24). The number of nitrogens with zero attached hydrogens (tertiary/aromatic N) is 4. The topological polar surface area (TPSA) is 87.9 Å². The van der Waals surface area contributed by atoms with Crippen LogP contribution in [0.1, 0.15) is 43.7 Å². The molecule has 1 amide bonds. The van der Waals surface area contributed by atoms with E-state index in [0.29, 0.717) is 31.8 Å². The highest BCUT2D eigenvalue weighted by Gasteiger charge is 2.30. The smallest absolute Gasteiger partial charge is 0.317 e. The molecule has 8 nitrogen and oxygen atoms in total. The lowest BCUT2D eigenvalue weighted by atomic mass is 10.1. The van der Waals surface area contributed by atoms with Crippen LogP contribution in [0.3, 0.4) is 0 Å². The van der Waals surface area contributed by atoms with E-state index in [9.17, 15) is 9.59 Å². The van der Waals surface area contributed by atoms with E-state index >= 15 is 0 Å². The third-order valence-electron chi connectivity index (χ3n) is 4.42. The Morgan fingerprint density at radius 2 is 2.12 bits per heavy atom. The van der Waals surface area contributed by atoms with E-state index < -0.39 is 5.97 Å². The highest BCUT2D eigenvalue weighted by Crippen LogP contribution is 2.21. The lowest BCUT2D eigenvalue weighted by molar-refractivity contribution is -0.138. The van der Waals surface area contributed by atoms with Gasteiger partial charge in [0, 0.05) is 19.6 Å². The molecular formula is C18H30N4O4. The van der Waals surface area contributed by atoms with E-state index in [1.54, 1.807) is 23.0 Å². The van der Waals surface area contributed by atoms with Crippen molar-refractivity contribution in [3.63, 3.8) is 0 Å². The van der Waals surface area contributed by atoms with E-state index in [1.807, 2.05) is 11.6 Å². The third-order valence-corrected chi connectivity index (χ3v) is 4.42. The number of rotatable bonds is 6. The van der Waals surface area contributed by atoms with Crippen molar-refractivity contribution >= 4 is 11.9 Å². The Hall–Kier alpha value is -1.93. The summed E-state index contributed by atoms with van der Waals surface area (Å²) < 4.78 is 7.63. The molecule has 26 heavy (non-hydrogen) atoms. The van der Waals surface area contributed by atoms with Crippen LogP contribution in [0.15, 0.2) is 6.20 Å². The minimum Gasteiger partial charge on any atom is -0.480 e. The predicted molar refractivity (Wildman–Crippen MR) is 97.4 cm³/mol. The quantitative estimate of drug-likeness (QED) is 0.810. The Labute approximate surface area is 154 Å². The third kappa shape index (κ3) is 4.82. The number of carboxylic acid groups (broad SMARTS) is 1. The summed E-state index contributed by atoms with van der Waals surface area (Å²) in [5.41, 5.74) is 1.40. The van der Waals surface area contributed by atoms with E-state index in [2.05, 4.69) is 25.9 Å². The van der Waals surface area contributed by atoms with E-state index in [-0.39, 0.29) is 24.1 Å². The van der Waals surface area contributed by atoms with Crippen molar-refractivity contribution in [3.05, 3.63) is 17.5 Å². The van der Waals surface area contributed by atoms with Crippen molar-refractivity contribution < 1.29 is 19.4 Å². The van der Waals surface area contributed by atoms with Gasteiger partial charge in [-0.05, 0) is 34.2 Å². The summed E-state index contributed by atoms with van der Waals surface area (Å²) in [6.45, 7) is 10.1. The molecule has 0 saturated carbocycles. The first kappa shape index (κ1) is 20.4. The van der Waals surface area contributed by atoms with Crippen LogP contribution >= 0.6 is 0 Å². The minimum atomic E-state index is -0.876. The van der Waals surface area contributed by atoms with Crippen LogP contribution in [0.5, 0.6) is 0 Å². The van der Waals surface area contributed by atoms with Crippen molar-refractivity contribution in [1.82, 2.24) is 19.6 Å². The molecule has 2 heterocycles. The average Bonchev–Trinajstić information content (AvgIpc) is 2.97. The number of likely N-dealkylation sites (N-methyl/N-ethyl adjacent to an activating group) is 1.